The zero-order chi connectivity index (χ0) is 12.5. The van der Waals surface area contributed by atoms with Gasteiger partial charge in [-0.2, -0.15) is 0 Å². The molecule has 102 valence electrons. The maximum atomic E-state index is 5.46. The van der Waals surface area contributed by atoms with Crippen molar-refractivity contribution in [3.63, 3.8) is 0 Å². The second-order valence-corrected chi connectivity index (χ2v) is 3.58. The lowest BCUT2D eigenvalue weighted by Gasteiger charge is -2.09. The molecule has 0 fully saturated rings. The molecule has 0 spiro atoms. The first-order valence-corrected chi connectivity index (χ1v) is 5.90. The van der Waals surface area contributed by atoms with Crippen molar-refractivity contribution in [1.82, 2.24) is 10.6 Å². The van der Waals surface area contributed by atoms with E-state index in [-0.39, 0.29) is 24.0 Å². The highest BCUT2D eigenvalue weighted by molar-refractivity contribution is 14.0. The standard InChI is InChI=1S/C13H21N3O.HI/c1-4-17-12-7-5-6-11(10-12)8-9-16-13(14-2)15-3;/h5-7,10H,4,8-9H2,1-3H3,(H2,14,15,16);1H. The Labute approximate surface area is 126 Å². The van der Waals surface area contributed by atoms with Gasteiger partial charge in [0.2, 0.25) is 0 Å². The quantitative estimate of drug-likeness (QED) is 0.478. The lowest BCUT2D eigenvalue weighted by atomic mass is 10.1. The molecule has 5 heteroatoms. The van der Waals surface area contributed by atoms with Crippen LogP contribution >= 0.6 is 24.0 Å². The van der Waals surface area contributed by atoms with Crippen LogP contribution in [0.1, 0.15) is 12.5 Å². The summed E-state index contributed by atoms with van der Waals surface area (Å²) >= 11 is 0. The summed E-state index contributed by atoms with van der Waals surface area (Å²) in [5.74, 6) is 1.74. The molecule has 0 atom stereocenters. The molecule has 4 nitrogen and oxygen atoms in total. The Morgan fingerprint density at radius 3 is 2.78 bits per heavy atom. The second-order valence-electron chi connectivity index (χ2n) is 3.58. The van der Waals surface area contributed by atoms with Gasteiger partial charge in [0.05, 0.1) is 6.61 Å². The van der Waals surface area contributed by atoms with Gasteiger partial charge in [-0.15, -0.1) is 24.0 Å². The normalized spacial score (nSPS) is 10.5. The molecule has 0 amide bonds. The number of nitrogens with one attached hydrogen (secondary N) is 2. The zero-order valence-electron chi connectivity index (χ0n) is 11.2. The van der Waals surface area contributed by atoms with Crippen LogP contribution in [0, 0.1) is 0 Å². The van der Waals surface area contributed by atoms with Gasteiger partial charge in [0.1, 0.15) is 5.75 Å². The predicted molar refractivity (Wildman–Crippen MR) is 87.2 cm³/mol. The van der Waals surface area contributed by atoms with Crippen LogP contribution in [0.15, 0.2) is 29.3 Å². The van der Waals surface area contributed by atoms with E-state index in [0.29, 0.717) is 6.61 Å². The molecule has 0 aliphatic carbocycles. The summed E-state index contributed by atoms with van der Waals surface area (Å²) < 4.78 is 5.46. The molecule has 18 heavy (non-hydrogen) atoms. The molecule has 0 saturated carbocycles. The van der Waals surface area contributed by atoms with Gasteiger partial charge in [-0.1, -0.05) is 12.1 Å². The Hall–Kier alpha value is -0.980. The zero-order valence-corrected chi connectivity index (χ0v) is 13.5. The molecule has 0 aromatic heterocycles. The lowest BCUT2D eigenvalue weighted by molar-refractivity contribution is 0.340. The first-order valence-electron chi connectivity index (χ1n) is 5.90. The molecule has 0 unspecified atom stereocenters. The van der Waals surface area contributed by atoms with Crippen LogP contribution in [0.2, 0.25) is 0 Å². The van der Waals surface area contributed by atoms with E-state index in [1.54, 1.807) is 7.05 Å². The van der Waals surface area contributed by atoms with Gasteiger partial charge in [0, 0.05) is 20.6 Å². The van der Waals surface area contributed by atoms with Gasteiger partial charge in [-0.05, 0) is 31.0 Å². The Balaban J connectivity index is 0.00000289. The van der Waals surface area contributed by atoms with Crippen molar-refractivity contribution in [2.24, 2.45) is 4.99 Å². The van der Waals surface area contributed by atoms with Crippen molar-refractivity contribution in [3.05, 3.63) is 29.8 Å². The number of nitrogens with zero attached hydrogens (tertiary/aromatic N) is 1. The maximum Gasteiger partial charge on any atom is 0.190 e. The van der Waals surface area contributed by atoms with Gasteiger partial charge in [0.25, 0.3) is 0 Å². The first kappa shape index (κ1) is 17.0. The summed E-state index contributed by atoms with van der Waals surface area (Å²) in [7, 11) is 3.61. The molecule has 0 radical (unpaired) electrons. The van der Waals surface area contributed by atoms with Gasteiger partial charge in [-0.25, -0.2) is 0 Å². The van der Waals surface area contributed by atoms with E-state index < -0.39 is 0 Å². The predicted octanol–water partition coefficient (Wildman–Crippen LogP) is 2.04. The van der Waals surface area contributed by atoms with Crippen molar-refractivity contribution in [2.75, 3.05) is 27.2 Å². The highest BCUT2D eigenvalue weighted by Gasteiger charge is 1.97. The molecule has 0 saturated heterocycles. The number of ether oxygens (including phenoxy) is 1. The summed E-state index contributed by atoms with van der Waals surface area (Å²) in [5, 5.41) is 6.20. The molecule has 1 rings (SSSR count). The van der Waals surface area contributed by atoms with Crippen molar-refractivity contribution < 1.29 is 4.74 Å². The number of hydrogen-bond acceptors (Lipinski definition) is 2. The van der Waals surface area contributed by atoms with Crippen LogP contribution in [0.5, 0.6) is 5.75 Å². The molecule has 0 aliphatic heterocycles. The van der Waals surface area contributed by atoms with Crippen molar-refractivity contribution in [2.45, 2.75) is 13.3 Å². The number of guanidine groups is 1. The number of aliphatic imine (C=N–C) groups is 1. The second kappa shape index (κ2) is 9.99. The molecule has 1 aromatic carbocycles. The minimum absolute atomic E-state index is 0. The Morgan fingerprint density at radius 2 is 2.17 bits per heavy atom. The number of halogens is 1. The average molecular weight is 363 g/mol. The molecule has 0 aliphatic rings. The summed E-state index contributed by atoms with van der Waals surface area (Å²) in [6.45, 7) is 3.54. The molecule has 1 aromatic rings. The van der Waals surface area contributed by atoms with Crippen LogP contribution in [-0.4, -0.2) is 33.2 Å². The van der Waals surface area contributed by atoms with E-state index >= 15 is 0 Å². The van der Waals surface area contributed by atoms with E-state index in [0.717, 1.165) is 24.7 Å². The van der Waals surface area contributed by atoms with Gasteiger partial charge < -0.3 is 15.4 Å². The van der Waals surface area contributed by atoms with Crippen LogP contribution in [0.25, 0.3) is 0 Å². The minimum atomic E-state index is 0. The van der Waals surface area contributed by atoms with E-state index in [2.05, 4.69) is 27.8 Å². The molecular weight excluding hydrogens is 341 g/mol. The van der Waals surface area contributed by atoms with E-state index in [9.17, 15) is 0 Å². The first-order chi connectivity index (χ1) is 8.30. The smallest absolute Gasteiger partial charge is 0.190 e. The largest absolute Gasteiger partial charge is 0.494 e. The minimum Gasteiger partial charge on any atom is -0.494 e. The Kier molecular flexibility index (Phi) is 9.45. The third kappa shape index (κ3) is 6.09. The van der Waals surface area contributed by atoms with Gasteiger partial charge in [0.15, 0.2) is 5.96 Å². The summed E-state index contributed by atoms with van der Waals surface area (Å²) in [6, 6.07) is 8.18. The number of benzene rings is 1. The maximum absolute atomic E-state index is 5.46. The van der Waals surface area contributed by atoms with Gasteiger partial charge in [-0.3, -0.25) is 4.99 Å². The van der Waals surface area contributed by atoms with E-state index in [1.165, 1.54) is 5.56 Å². The fraction of sp³-hybridized carbons (Fsp3) is 0.462. The van der Waals surface area contributed by atoms with Crippen molar-refractivity contribution in [1.29, 1.82) is 0 Å². The summed E-state index contributed by atoms with van der Waals surface area (Å²) in [4.78, 5) is 4.05. The van der Waals surface area contributed by atoms with E-state index in [4.69, 9.17) is 4.74 Å². The third-order valence-corrected chi connectivity index (χ3v) is 2.38. The van der Waals surface area contributed by atoms with Crippen LogP contribution in [-0.2, 0) is 6.42 Å². The molecule has 0 heterocycles. The summed E-state index contributed by atoms with van der Waals surface area (Å²) in [6.07, 6.45) is 0.946. The van der Waals surface area contributed by atoms with Crippen molar-refractivity contribution in [3.8, 4) is 5.75 Å². The molecular formula is C13H22IN3O. The van der Waals surface area contributed by atoms with Crippen molar-refractivity contribution >= 4 is 29.9 Å². The highest BCUT2D eigenvalue weighted by atomic mass is 127. The monoisotopic (exact) mass is 363 g/mol. The number of rotatable bonds is 5. The van der Waals surface area contributed by atoms with Crippen LogP contribution in [0.4, 0.5) is 0 Å². The van der Waals surface area contributed by atoms with Gasteiger partial charge >= 0.3 is 0 Å². The summed E-state index contributed by atoms with van der Waals surface area (Å²) in [5.41, 5.74) is 1.26. The Morgan fingerprint density at radius 1 is 1.39 bits per heavy atom. The van der Waals surface area contributed by atoms with Crippen LogP contribution in [0.3, 0.4) is 0 Å². The molecule has 2 N–H and O–H groups in total. The topological polar surface area (TPSA) is 45.6 Å². The van der Waals surface area contributed by atoms with Crippen LogP contribution < -0.4 is 15.4 Å². The fourth-order valence-corrected chi connectivity index (χ4v) is 1.56. The third-order valence-electron chi connectivity index (χ3n) is 2.38. The number of hydrogen-bond donors (Lipinski definition) is 2. The molecule has 0 bridgehead atoms. The SMILES string of the molecule is CCOc1cccc(CCNC(=NC)NC)c1.I. The lowest BCUT2D eigenvalue weighted by Crippen LogP contribution is -2.35. The van der Waals surface area contributed by atoms with E-state index in [1.807, 2.05) is 26.1 Å². The highest BCUT2D eigenvalue weighted by Crippen LogP contribution is 2.13. The average Bonchev–Trinajstić information content (AvgIpc) is 2.36. The fourth-order valence-electron chi connectivity index (χ4n) is 1.56. The Bertz CT molecular complexity index is 369.